The van der Waals surface area contributed by atoms with Gasteiger partial charge < -0.3 is 20.1 Å². The van der Waals surface area contributed by atoms with Gasteiger partial charge in [0, 0.05) is 39.0 Å². The van der Waals surface area contributed by atoms with Crippen molar-refractivity contribution in [2.45, 2.75) is 19.1 Å². The second-order valence-electron chi connectivity index (χ2n) is 5.71. The quantitative estimate of drug-likeness (QED) is 0.218. The van der Waals surface area contributed by atoms with Crippen LogP contribution in [0, 0.1) is 0 Å². The van der Waals surface area contributed by atoms with Gasteiger partial charge in [0.25, 0.3) is 0 Å². The number of halogens is 4. The first-order valence-electron chi connectivity index (χ1n) is 8.59. The van der Waals surface area contributed by atoms with Crippen LogP contribution in [-0.2, 0) is 23.9 Å². The highest BCUT2D eigenvalue weighted by molar-refractivity contribution is 14.0. The number of aromatic nitrogens is 1. The fourth-order valence-corrected chi connectivity index (χ4v) is 3.00. The largest absolute Gasteiger partial charge is 0.491 e. The van der Waals surface area contributed by atoms with Gasteiger partial charge in [-0.05, 0) is 17.7 Å². The molecule has 6 nitrogen and oxygen atoms in total. The van der Waals surface area contributed by atoms with Crippen molar-refractivity contribution in [1.29, 1.82) is 0 Å². The Kier molecular flexibility index (Phi) is 11.3. The zero-order chi connectivity index (χ0) is 20.4. The first-order chi connectivity index (χ1) is 13.4. The van der Waals surface area contributed by atoms with Gasteiger partial charge in [-0.25, -0.2) is 4.98 Å². The molecule has 0 saturated carbocycles. The molecule has 0 bridgehead atoms. The summed E-state index contributed by atoms with van der Waals surface area (Å²) in [6, 6.07) is 7.64. The average Bonchev–Trinajstić information content (AvgIpc) is 3.15. The molecule has 0 fully saturated rings. The van der Waals surface area contributed by atoms with Crippen LogP contribution in [-0.4, -0.2) is 44.9 Å². The van der Waals surface area contributed by atoms with Crippen molar-refractivity contribution in [3.8, 4) is 5.75 Å². The number of alkyl halides is 3. The summed E-state index contributed by atoms with van der Waals surface area (Å²) < 4.78 is 48.1. The van der Waals surface area contributed by atoms with E-state index >= 15 is 0 Å². The number of hydrogen-bond acceptors (Lipinski definition) is 5. The van der Waals surface area contributed by atoms with E-state index < -0.39 is 11.9 Å². The van der Waals surface area contributed by atoms with Crippen LogP contribution in [0.25, 0.3) is 0 Å². The molecule has 0 amide bonds. The molecule has 29 heavy (non-hydrogen) atoms. The maximum absolute atomic E-state index is 12.6. The minimum Gasteiger partial charge on any atom is -0.491 e. The zero-order valence-electron chi connectivity index (χ0n) is 16.1. The predicted molar refractivity (Wildman–Crippen MR) is 118 cm³/mol. The van der Waals surface area contributed by atoms with E-state index in [1.165, 1.54) is 0 Å². The van der Waals surface area contributed by atoms with Crippen molar-refractivity contribution in [1.82, 2.24) is 15.6 Å². The number of ether oxygens (including phenoxy) is 2. The third-order valence-corrected chi connectivity index (χ3v) is 4.55. The lowest BCUT2D eigenvalue weighted by Gasteiger charge is -2.12. The summed E-state index contributed by atoms with van der Waals surface area (Å²) in [7, 11) is 3.25. The van der Waals surface area contributed by atoms with E-state index in [2.05, 4.69) is 20.6 Å². The normalized spacial score (nSPS) is 11.7. The number of nitrogens with one attached hydrogen (secondary N) is 2. The molecule has 11 heteroatoms. The maximum atomic E-state index is 12.6. The molecule has 1 heterocycles. The molecule has 0 radical (unpaired) electrons. The molecular weight excluding hydrogens is 520 g/mol. The van der Waals surface area contributed by atoms with Crippen molar-refractivity contribution in [2.24, 2.45) is 4.99 Å². The second-order valence-corrected chi connectivity index (χ2v) is 6.65. The van der Waals surface area contributed by atoms with Gasteiger partial charge in [-0.1, -0.05) is 12.1 Å². The Morgan fingerprint density at radius 3 is 2.48 bits per heavy atom. The highest BCUT2D eigenvalue weighted by Crippen LogP contribution is 2.29. The number of nitrogens with zero attached hydrogens (tertiary/aromatic N) is 2. The number of guanidine groups is 1. The lowest BCUT2D eigenvalue weighted by Crippen LogP contribution is -2.37. The number of methoxy groups -OCH3 is 1. The molecule has 0 unspecified atom stereocenters. The predicted octanol–water partition coefficient (Wildman–Crippen LogP) is 3.71. The number of benzene rings is 1. The molecule has 1 aromatic heterocycles. The van der Waals surface area contributed by atoms with Gasteiger partial charge in [0.15, 0.2) is 11.7 Å². The fourth-order valence-electron chi connectivity index (χ4n) is 2.20. The average molecular weight is 544 g/mol. The van der Waals surface area contributed by atoms with Crippen LogP contribution in [0.5, 0.6) is 5.75 Å². The van der Waals surface area contributed by atoms with Gasteiger partial charge in [0.05, 0.1) is 11.6 Å². The number of aliphatic imine (C=N–C) groups is 1. The monoisotopic (exact) mass is 544 g/mol. The van der Waals surface area contributed by atoms with Gasteiger partial charge >= 0.3 is 6.18 Å². The summed E-state index contributed by atoms with van der Waals surface area (Å²) in [5, 5.41) is 7.68. The Hall–Kier alpha value is -1.60. The topological polar surface area (TPSA) is 67.8 Å². The van der Waals surface area contributed by atoms with Gasteiger partial charge in [0.1, 0.15) is 12.4 Å². The van der Waals surface area contributed by atoms with Crippen LogP contribution in [0.1, 0.15) is 16.3 Å². The summed E-state index contributed by atoms with van der Waals surface area (Å²) in [6.07, 6.45) is -4.01. The summed E-state index contributed by atoms with van der Waals surface area (Å²) >= 11 is 1.00. The highest BCUT2D eigenvalue weighted by atomic mass is 127. The second kappa shape index (κ2) is 12.9. The Morgan fingerprint density at radius 1 is 1.17 bits per heavy atom. The SMILES string of the molecule is CN=C(NCCc1nc(C(F)(F)F)cs1)NCc1ccc(OCCOC)cc1.I. The third kappa shape index (κ3) is 9.17. The Bertz CT molecular complexity index is 754. The van der Waals surface area contributed by atoms with Crippen LogP contribution in [0.2, 0.25) is 0 Å². The van der Waals surface area contributed by atoms with Crippen molar-refractivity contribution < 1.29 is 22.6 Å². The van der Waals surface area contributed by atoms with Crippen LogP contribution >= 0.6 is 35.3 Å². The standard InChI is InChI=1S/C18H23F3N4O2S.HI/c1-22-17(23-8-7-16-25-15(12-28-16)18(19,20)21)24-11-13-3-5-14(6-4-13)27-10-9-26-2;/h3-6,12H,7-11H2,1-2H3,(H2,22,23,24);1H. The molecule has 0 aliphatic carbocycles. The van der Waals surface area contributed by atoms with Crippen LogP contribution in [0.15, 0.2) is 34.6 Å². The van der Waals surface area contributed by atoms with E-state index in [0.717, 1.165) is 28.0 Å². The first kappa shape index (κ1) is 25.4. The Labute approximate surface area is 188 Å². The highest BCUT2D eigenvalue weighted by Gasteiger charge is 2.33. The van der Waals surface area contributed by atoms with E-state index in [9.17, 15) is 13.2 Å². The zero-order valence-corrected chi connectivity index (χ0v) is 19.2. The van der Waals surface area contributed by atoms with E-state index in [-0.39, 0.29) is 24.0 Å². The number of rotatable bonds is 9. The van der Waals surface area contributed by atoms with Gasteiger partial charge in [-0.2, -0.15) is 13.2 Å². The summed E-state index contributed by atoms with van der Waals surface area (Å²) in [5.74, 6) is 1.33. The van der Waals surface area contributed by atoms with Crippen molar-refractivity contribution in [3.05, 3.63) is 45.9 Å². The lowest BCUT2D eigenvalue weighted by atomic mass is 10.2. The molecule has 2 rings (SSSR count). The minimum absolute atomic E-state index is 0. The van der Waals surface area contributed by atoms with Crippen LogP contribution < -0.4 is 15.4 Å². The fraction of sp³-hybridized carbons (Fsp3) is 0.444. The van der Waals surface area contributed by atoms with E-state index in [4.69, 9.17) is 9.47 Å². The maximum Gasteiger partial charge on any atom is 0.434 e. The first-order valence-corrected chi connectivity index (χ1v) is 9.47. The minimum atomic E-state index is -4.40. The molecule has 2 aromatic rings. The molecule has 0 saturated heterocycles. The molecule has 0 spiro atoms. The molecule has 0 aliphatic rings. The molecule has 162 valence electrons. The van der Waals surface area contributed by atoms with Crippen LogP contribution in [0.3, 0.4) is 0 Å². The van der Waals surface area contributed by atoms with Crippen molar-refractivity contribution in [3.63, 3.8) is 0 Å². The van der Waals surface area contributed by atoms with Gasteiger partial charge in [-0.3, -0.25) is 4.99 Å². The molecule has 0 aliphatic heterocycles. The number of thiazole rings is 1. The van der Waals surface area contributed by atoms with Gasteiger partial charge in [0.2, 0.25) is 0 Å². The molecule has 1 aromatic carbocycles. The smallest absolute Gasteiger partial charge is 0.434 e. The third-order valence-electron chi connectivity index (χ3n) is 3.64. The summed E-state index contributed by atoms with van der Waals surface area (Å²) in [6.45, 7) is 2.00. The molecule has 0 atom stereocenters. The van der Waals surface area contributed by atoms with E-state index in [1.807, 2.05) is 24.3 Å². The van der Waals surface area contributed by atoms with Crippen LogP contribution in [0.4, 0.5) is 13.2 Å². The van der Waals surface area contributed by atoms with Gasteiger partial charge in [-0.15, -0.1) is 35.3 Å². The Morgan fingerprint density at radius 2 is 1.90 bits per heavy atom. The molecule has 2 N–H and O–H groups in total. The molecular formula is C18H24F3IN4O2S. The number of hydrogen-bond donors (Lipinski definition) is 2. The van der Waals surface area contributed by atoms with E-state index in [1.54, 1.807) is 14.2 Å². The Balaban J connectivity index is 0.00000420. The van der Waals surface area contributed by atoms with E-state index in [0.29, 0.717) is 43.7 Å². The lowest BCUT2D eigenvalue weighted by molar-refractivity contribution is -0.140. The summed E-state index contributed by atoms with van der Waals surface area (Å²) in [5.41, 5.74) is 0.196. The van der Waals surface area contributed by atoms with Crippen molar-refractivity contribution in [2.75, 3.05) is 33.9 Å². The summed E-state index contributed by atoms with van der Waals surface area (Å²) in [4.78, 5) is 7.71. The van der Waals surface area contributed by atoms with Crippen molar-refractivity contribution >= 4 is 41.3 Å².